The summed E-state index contributed by atoms with van der Waals surface area (Å²) in [4.78, 5) is 28.7. The first-order chi connectivity index (χ1) is 14.1. The Hall–Kier alpha value is -3.03. The maximum Gasteiger partial charge on any atom is 0.272 e. The Kier molecular flexibility index (Phi) is 7.86. The molecule has 162 valence electrons. The normalized spacial score (nSPS) is 11.0. The Labute approximate surface area is 175 Å². The molecular weight excluding hydrogens is 392 g/mol. The number of carbonyl (C=O) groups is 2. The number of ether oxygens (including phenoxy) is 1. The zero-order valence-corrected chi connectivity index (χ0v) is 17.8. The Balaban J connectivity index is 2.08. The van der Waals surface area contributed by atoms with Crippen molar-refractivity contribution < 1.29 is 23.1 Å². The third kappa shape index (κ3) is 6.50. The van der Waals surface area contributed by atoms with E-state index in [0.717, 1.165) is 16.7 Å². The molecule has 0 bridgehead atoms. The van der Waals surface area contributed by atoms with Crippen molar-refractivity contribution in [3.63, 3.8) is 0 Å². The molecule has 30 heavy (non-hydrogen) atoms. The van der Waals surface area contributed by atoms with Crippen molar-refractivity contribution in [1.29, 1.82) is 0 Å². The molecule has 8 heteroatoms. The SMILES string of the molecule is Cc1cc(C(=O)NCc2cc(C)c(OCC(F)F)c(C)c2)cc(NC(=O)C(C)C)n1. The van der Waals surface area contributed by atoms with Crippen molar-refractivity contribution >= 4 is 17.6 Å². The fourth-order valence-electron chi connectivity index (χ4n) is 2.93. The minimum absolute atomic E-state index is 0.181. The van der Waals surface area contributed by atoms with E-state index in [1.807, 2.05) is 0 Å². The van der Waals surface area contributed by atoms with Crippen LogP contribution in [0.5, 0.6) is 5.75 Å². The molecule has 0 aliphatic rings. The highest BCUT2D eigenvalue weighted by atomic mass is 19.3. The highest BCUT2D eigenvalue weighted by Gasteiger charge is 2.14. The van der Waals surface area contributed by atoms with Crippen LogP contribution >= 0.6 is 0 Å². The largest absolute Gasteiger partial charge is 0.487 e. The summed E-state index contributed by atoms with van der Waals surface area (Å²) in [6.07, 6.45) is -2.54. The van der Waals surface area contributed by atoms with Crippen LogP contribution in [0.4, 0.5) is 14.6 Å². The summed E-state index contributed by atoms with van der Waals surface area (Å²) in [5, 5.41) is 5.52. The third-order valence-corrected chi connectivity index (χ3v) is 4.32. The van der Waals surface area contributed by atoms with Gasteiger partial charge in [0.2, 0.25) is 5.91 Å². The van der Waals surface area contributed by atoms with Crippen LogP contribution in [-0.4, -0.2) is 29.8 Å². The number of anilines is 1. The van der Waals surface area contributed by atoms with E-state index in [2.05, 4.69) is 15.6 Å². The average Bonchev–Trinajstić information content (AvgIpc) is 2.64. The maximum atomic E-state index is 12.6. The number of benzene rings is 1. The van der Waals surface area contributed by atoms with Crippen LogP contribution in [0.3, 0.4) is 0 Å². The molecule has 0 unspecified atom stereocenters. The molecule has 2 rings (SSSR count). The van der Waals surface area contributed by atoms with E-state index in [-0.39, 0.29) is 24.3 Å². The van der Waals surface area contributed by atoms with Crippen molar-refractivity contribution in [3.8, 4) is 5.75 Å². The first-order valence-corrected chi connectivity index (χ1v) is 9.65. The first kappa shape index (κ1) is 23.3. The Morgan fingerprint density at radius 3 is 2.27 bits per heavy atom. The monoisotopic (exact) mass is 419 g/mol. The molecule has 1 heterocycles. The number of aryl methyl sites for hydroxylation is 3. The van der Waals surface area contributed by atoms with E-state index in [9.17, 15) is 18.4 Å². The van der Waals surface area contributed by atoms with E-state index >= 15 is 0 Å². The van der Waals surface area contributed by atoms with Gasteiger partial charge in [-0.15, -0.1) is 0 Å². The van der Waals surface area contributed by atoms with Crippen LogP contribution in [0.15, 0.2) is 24.3 Å². The summed E-state index contributed by atoms with van der Waals surface area (Å²) >= 11 is 0. The number of nitrogens with one attached hydrogen (secondary N) is 2. The average molecular weight is 419 g/mol. The van der Waals surface area contributed by atoms with Crippen molar-refractivity contribution in [2.24, 2.45) is 5.92 Å². The fraction of sp³-hybridized carbons (Fsp3) is 0.409. The summed E-state index contributed by atoms with van der Waals surface area (Å²) in [5.41, 5.74) is 3.25. The summed E-state index contributed by atoms with van der Waals surface area (Å²) in [6.45, 7) is 8.43. The van der Waals surface area contributed by atoms with Crippen molar-refractivity contribution in [1.82, 2.24) is 10.3 Å². The summed E-state index contributed by atoms with van der Waals surface area (Å²) in [5.74, 6) is 0.0592. The van der Waals surface area contributed by atoms with Gasteiger partial charge in [0.25, 0.3) is 12.3 Å². The van der Waals surface area contributed by atoms with Crippen LogP contribution in [0.25, 0.3) is 0 Å². The number of aromatic nitrogens is 1. The van der Waals surface area contributed by atoms with Gasteiger partial charge in [0, 0.05) is 23.7 Å². The molecule has 1 aromatic carbocycles. The van der Waals surface area contributed by atoms with Gasteiger partial charge >= 0.3 is 0 Å². The molecule has 2 N–H and O–H groups in total. The summed E-state index contributed by atoms with van der Waals surface area (Å²) in [7, 11) is 0. The molecule has 0 saturated heterocycles. The maximum absolute atomic E-state index is 12.6. The molecule has 6 nitrogen and oxygen atoms in total. The number of alkyl halides is 2. The van der Waals surface area contributed by atoms with Gasteiger partial charge in [0.15, 0.2) is 0 Å². The van der Waals surface area contributed by atoms with Crippen molar-refractivity contribution in [2.45, 2.75) is 47.6 Å². The first-order valence-electron chi connectivity index (χ1n) is 9.65. The molecule has 0 saturated carbocycles. The topological polar surface area (TPSA) is 80.3 Å². The van der Waals surface area contributed by atoms with Crippen LogP contribution in [0, 0.1) is 26.7 Å². The third-order valence-electron chi connectivity index (χ3n) is 4.32. The quantitative estimate of drug-likeness (QED) is 0.673. The number of rotatable bonds is 8. The van der Waals surface area contributed by atoms with Gasteiger partial charge in [0.05, 0.1) is 0 Å². The van der Waals surface area contributed by atoms with E-state index in [4.69, 9.17) is 4.74 Å². The number of nitrogens with zero attached hydrogens (tertiary/aromatic N) is 1. The minimum Gasteiger partial charge on any atom is -0.487 e. The zero-order chi connectivity index (χ0) is 22.4. The fourth-order valence-corrected chi connectivity index (χ4v) is 2.93. The Morgan fingerprint density at radius 2 is 1.70 bits per heavy atom. The summed E-state index contributed by atoms with van der Waals surface area (Å²) < 4.78 is 30.0. The lowest BCUT2D eigenvalue weighted by molar-refractivity contribution is -0.118. The lowest BCUT2D eigenvalue weighted by Gasteiger charge is -2.14. The second-order valence-electron chi connectivity index (χ2n) is 7.47. The van der Waals surface area contributed by atoms with E-state index < -0.39 is 13.0 Å². The van der Waals surface area contributed by atoms with Gasteiger partial charge in [-0.1, -0.05) is 26.0 Å². The van der Waals surface area contributed by atoms with Crippen LogP contribution in [-0.2, 0) is 11.3 Å². The standard InChI is InChI=1S/C22H27F2N3O3/c1-12(2)21(28)27-19-9-17(8-15(5)26-19)22(29)25-10-16-6-13(3)20(14(4)7-16)30-11-18(23)24/h6-9,12,18H,10-11H2,1-5H3,(H,25,29)(H,26,27,28). The molecule has 0 spiro atoms. The van der Waals surface area contributed by atoms with Gasteiger partial charge in [-0.3, -0.25) is 9.59 Å². The lowest BCUT2D eigenvalue weighted by Crippen LogP contribution is -2.24. The van der Waals surface area contributed by atoms with Crippen LogP contribution in [0.2, 0.25) is 0 Å². The highest BCUT2D eigenvalue weighted by Crippen LogP contribution is 2.25. The van der Waals surface area contributed by atoms with Crippen molar-refractivity contribution in [3.05, 3.63) is 52.2 Å². The molecular formula is C22H27F2N3O3. The molecule has 2 aromatic rings. The smallest absolute Gasteiger partial charge is 0.272 e. The van der Waals surface area contributed by atoms with E-state index in [1.54, 1.807) is 52.8 Å². The molecule has 0 radical (unpaired) electrons. The van der Waals surface area contributed by atoms with E-state index in [1.165, 1.54) is 6.07 Å². The number of amides is 2. The second-order valence-corrected chi connectivity index (χ2v) is 7.47. The predicted molar refractivity (Wildman–Crippen MR) is 111 cm³/mol. The lowest BCUT2D eigenvalue weighted by atomic mass is 10.1. The van der Waals surface area contributed by atoms with Crippen LogP contribution < -0.4 is 15.4 Å². The van der Waals surface area contributed by atoms with Gasteiger partial charge in [0.1, 0.15) is 18.2 Å². The number of halogens is 2. The second kappa shape index (κ2) is 10.1. The Bertz CT molecular complexity index is 907. The van der Waals surface area contributed by atoms with Crippen molar-refractivity contribution in [2.75, 3.05) is 11.9 Å². The summed E-state index contributed by atoms with van der Waals surface area (Å²) in [6, 6.07) is 6.75. The molecule has 0 aliphatic heterocycles. The predicted octanol–water partition coefficient (Wildman–Crippen LogP) is 4.18. The zero-order valence-electron chi connectivity index (χ0n) is 17.8. The molecule has 0 atom stereocenters. The molecule has 1 aromatic heterocycles. The number of pyridine rings is 1. The number of carbonyl (C=O) groups excluding carboxylic acids is 2. The number of hydrogen-bond acceptors (Lipinski definition) is 4. The van der Waals surface area contributed by atoms with Gasteiger partial charge in [-0.2, -0.15) is 0 Å². The van der Waals surface area contributed by atoms with Crippen LogP contribution in [0.1, 0.15) is 46.6 Å². The van der Waals surface area contributed by atoms with E-state index in [0.29, 0.717) is 22.8 Å². The molecule has 0 fully saturated rings. The van der Waals surface area contributed by atoms with Gasteiger partial charge < -0.3 is 15.4 Å². The van der Waals surface area contributed by atoms with Gasteiger partial charge in [-0.25, -0.2) is 13.8 Å². The molecule has 2 amide bonds. The Morgan fingerprint density at radius 1 is 1.07 bits per heavy atom. The van der Waals surface area contributed by atoms with Gasteiger partial charge in [-0.05, 0) is 49.6 Å². The minimum atomic E-state index is -2.54. The number of hydrogen-bond donors (Lipinski definition) is 2. The molecule has 0 aliphatic carbocycles. The highest BCUT2D eigenvalue weighted by molar-refractivity contribution is 5.97.